The number of hydrogen-bond acceptors (Lipinski definition) is 1. The number of carbonyl (C=O) groups is 1. The molecule has 0 rings (SSSR count). The molecule has 2 nitrogen and oxygen atoms in total. The second-order valence-electron chi connectivity index (χ2n) is 3.37. The van der Waals surface area contributed by atoms with E-state index in [0.29, 0.717) is 12.8 Å². The third-order valence-electron chi connectivity index (χ3n) is 1.99. The van der Waals surface area contributed by atoms with Crippen molar-refractivity contribution in [2.75, 3.05) is 0 Å². The van der Waals surface area contributed by atoms with Crippen molar-refractivity contribution in [2.24, 2.45) is 0 Å². The summed E-state index contributed by atoms with van der Waals surface area (Å²) in [6, 6.07) is 0. The molecule has 0 aliphatic rings. The normalized spacial score (nSPS) is 16.6. The molecule has 0 fully saturated rings. The summed E-state index contributed by atoms with van der Waals surface area (Å²) in [5, 5.41) is 8.45. The summed E-state index contributed by atoms with van der Waals surface area (Å²) in [7, 11) is 0. The van der Waals surface area contributed by atoms with Gasteiger partial charge in [0.05, 0.1) is 0 Å². The summed E-state index contributed by atoms with van der Waals surface area (Å²) < 4.78 is 30.6. The molecule has 0 radical (unpaired) electrons. The highest BCUT2D eigenvalue weighted by molar-refractivity contribution is 5.66. The lowest BCUT2D eigenvalue weighted by Crippen LogP contribution is -1.93. The van der Waals surface area contributed by atoms with Crippen LogP contribution in [0.25, 0.3) is 0 Å². The summed E-state index contributed by atoms with van der Waals surface area (Å²) in [6.45, 7) is 1.66. The van der Waals surface area contributed by atoms with E-state index in [2.05, 4.69) is 0 Å². The molecule has 0 aromatic rings. The molecule has 0 aliphatic carbocycles. The zero-order valence-corrected chi connectivity index (χ0v) is 9.01. The zero-order chi connectivity index (χ0) is 14.2. The van der Waals surface area contributed by atoms with Crippen LogP contribution >= 0.6 is 0 Å². The fraction of sp³-hybridized carbons (Fsp3) is 0.917. The van der Waals surface area contributed by atoms with Crippen LogP contribution in [0, 0.1) is 0 Å². The molecule has 84 valence electrons. The number of carboxylic acids is 1. The van der Waals surface area contributed by atoms with Gasteiger partial charge in [-0.15, -0.1) is 0 Å². The van der Waals surface area contributed by atoms with Gasteiger partial charge in [0, 0.05) is 11.9 Å². The first kappa shape index (κ1) is 7.72. The minimum Gasteiger partial charge on any atom is -0.481 e. The quantitative estimate of drug-likeness (QED) is 0.546. The van der Waals surface area contributed by atoms with Crippen LogP contribution in [0.5, 0.6) is 0 Å². The lowest BCUT2D eigenvalue weighted by molar-refractivity contribution is -0.137. The molecule has 0 atom stereocenters. The first-order chi connectivity index (χ1) is 8.23. The second-order valence-corrected chi connectivity index (χ2v) is 3.37. The van der Waals surface area contributed by atoms with Crippen LogP contribution in [0.15, 0.2) is 0 Å². The van der Waals surface area contributed by atoms with Gasteiger partial charge in [-0.2, -0.15) is 0 Å². The predicted molar refractivity (Wildman–Crippen MR) is 59.5 cm³/mol. The van der Waals surface area contributed by atoms with Gasteiger partial charge < -0.3 is 5.11 Å². The van der Waals surface area contributed by atoms with Crippen LogP contribution in [0.3, 0.4) is 0 Å². The largest absolute Gasteiger partial charge is 0.481 e. The SMILES string of the molecule is [2H]C([2H])(CC)C([2H])([2H])CCCCCCCC(=O)O. The Kier molecular flexibility index (Phi) is 5.82. The standard InChI is InChI=1S/C12H24O2/c1-2-3-4-5-6-7-8-9-10-11-12(13)14/h2-11H2,1H3,(H,13,14)/i3D2,4D2. The topological polar surface area (TPSA) is 37.3 Å². The summed E-state index contributed by atoms with van der Waals surface area (Å²) in [5.41, 5.74) is 0. The third-order valence-corrected chi connectivity index (χ3v) is 1.99. The van der Waals surface area contributed by atoms with E-state index in [1.165, 1.54) is 0 Å². The number of unbranched alkanes of at least 4 members (excludes halogenated alkanes) is 4. The van der Waals surface area contributed by atoms with Crippen molar-refractivity contribution in [2.45, 2.75) is 71.0 Å². The van der Waals surface area contributed by atoms with Gasteiger partial charge in [0.25, 0.3) is 0 Å². The van der Waals surface area contributed by atoms with Crippen molar-refractivity contribution < 1.29 is 15.4 Å². The molecule has 0 saturated heterocycles. The lowest BCUT2D eigenvalue weighted by atomic mass is 10.1. The summed E-state index contributed by atoms with van der Waals surface area (Å²) in [4.78, 5) is 10.3. The molecule has 0 saturated carbocycles. The molecule has 14 heavy (non-hydrogen) atoms. The van der Waals surface area contributed by atoms with Gasteiger partial charge in [-0.25, -0.2) is 0 Å². The molecular weight excluding hydrogens is 176 g/mol. The monoisotopic (exact) mass is 204 g/mol. The van der Waals surface area contributed by atoms with Gasteiger partial charge in [0.2, 0.25) is 0 Å². The van der Waals surface area contributed by atoms with Crippen LogP contribution in [0.2, 0.25) is 0 Å². The van der Waals surface area contributed by atoms with Crippen molar-refractivity contribution in [1.29, 1.82) is 0 Å². The molecule has 2 heteroatoms. The van der Waals surface area contributed by atoms with Gasteiger partial charge in [-0.3, -0.25) is 4.79 Å². The third kappa shape index (κ3) is 11.5. The minimum atomic E-state index is -1.77. The number of rotatable bonds is 10. The van der Waals surface area contributed by atoms with E-state index in [0.717, 1.165) is 19.3 Å². The number of aliphatic carboxylic acids is 1. The Bertz CT molecular complexity index is 254. The summed E-state index contributed by atoms with van der Waals surface area (Å²) in [6.07, 6.45) is 0.939. The van der Waals surface area contributed by atoms with Crippen LogP contribution in [0.4, 0.5) is 0 Å². The number of hydrogen-bond donors (Lipinski definition) is 1. The minimum absolute atomic E-state index is 0.179. The first-order valence-corrected chi connectivity index (χ1v) is 5.45. The Labute approximate surface area is 93.3 Å². The fourth-order valence-corrected chi connectivity index (χ4v) is 1.23. The van der Waals surface area contributed by atoms with Crippen molar-refractivity contribution in [3.05, 3.63) is 0 Å². The molecule has 0 spiro atoms. The van der Waals surface area contributed by atoms with Crippen LogP contribution in [0.1, 0.15) is 76.5 Å². The maximum absolute atomic E-state index is 10.3. The van der Waals surface area contributed by atoms with E-state index < -0.39 is 18.7 Å². The Hall–Kier alpha value is -0.530. The van der Waals surface area contributed by atoms with E-state index in [4.69, 9.17) is 10.6 Å². The van der Waals surface area contributed by atoms with Crippen molar-refractivity contribution >= 4 is 5.97 Å². The van der Waals surface area contributed by atoms with Crippen molar-refractivity contribution in [1.82, 2.24) is 0 Å². The number of carboxylic acid groups (broad SMARTS) is 1. The molecule has 0 amide bonds. The van der Waals surface area contributed by atoms with Gasteiger partial charge in [0.1, 0.15) is 0 Å². The van der Waals surface area contributed by atoms with E-state index in [-0.39, 0.29) is 19.3 Å². The molecule has 0 aliphatic heterocycles. The summed E-state index contributed by atoms with van der Waals surface area (Å²) in [5.74, 6) is -0.775. The van der Waals surface area contributed by atoms with Crippen LogP contribution < -0.4 is 0 Å². The zero-order valence-electron chi connectivity index (χ0n) is 13.0. The van der Waals surface area contributed by atoms with Crippen LogP contribution in [-0.4, -0.2) is 11.1 Å². The van der Waals surface area contributed by atoms with Gasteiger partial charge in [-0.1, -0.05) is 58.2 Å². The molecule has 0 aromatic carbocycles. The highest BCUT2D eigenvalue weighted by atomic mass is 16.4. The molecule has 0 unspecified atom stereocenters. The smallest absolute Gasteiger partial charge is 0.303 e. The second kappa shape index (κ2) is 10.6. The molecular formula is C12H24O2. The molecule has 1 N–H and O–H groups in total. The maximum Gasteiger partial charge on any atom is 0.303 e. The first-order valence-electron chi connectivity index (χ1n) is 7.45. The summed E-state index contributed by atoms with van der Waals surface area (Å²) >= 11 is 0. The van der Waals surface area contributed by atoms with Gasteiger partial charge in [-0.05, 0) is 6.42 Å². The maximum atomic E-state index is 10.3. The molecule has 0 bridgehead atoms. The lowest BCUT2D eigenvalue weighted by Gasteiger charge is -2.00. The Morgan fingerprint density at radius 1 is 1.07 bits per heavy atom. The van der Waals surface area contributed by atoms with Crippen molar-refractivity contribution in [3.8, 4) is 0 Å². The highest BCUT2D eigenvalue weighted by Crippen LogP contribution is 2.10. The van der Waals surface area contributed by atoms with Gasteiger partial charge in [0.15, 0.2) is 0 Å². The average Bonchev–Trinajstić information content (AvgIpc) is 2.27. The van der Waals surface area contributed by atoms with E-state index in [9.17, 15) is 4.79 Å². The highest BCUT2D eigenvalue weighted by Gasteiger charge is 1.96. The van der Waals surface area contributed by atoms with Crippen LogP contribution in [-0.2, 0) is 4.79 Å². The Morgan fingerprint density at radius 3 is 2.21 bits per heavy atom. The molecule has 0 heterocycles. The molecule has 0 aromatic heterocycles. The Morgan fingerprint density at radius 2 is 1.64 bits per heavy atom. The Balaban J connectivity index is 3.68. The van der Waals surface area contributed by atoms with E-state index in [1.54, 1.807) is 6.92 Å². The van der Waals surface area contributed by atoms with Gasteiger partial charge >= 0.3 is 5.97 Å². The van der Waals surface area contributed by atoms with E-state index in [1.807, 2.05) is 0 Å². The van der Waals surface area contributed by atoms with Crippen molar-refractivity contribution in [3.63, 3.8) is 0 Å². The average molecular weight is 204 g/mol. The fourth-order valence-electron chi connectivity index (χ4n) is 1.23. The predicted octanol–water partition coefficient (Wildman–Crippen LogP) is 3.99. The van der Waals surface area contributed by atoms with E-state index >= 15 is 0 Å².